The molecule has 6 nitrogen and oxygen atoms in total. The monoisotopic (exact) mass is 370 g/mol. The second kappa shape index (κ2) is 8.01. The molecule has 3 rings (SSSR count). The van der Waals surface area contributed by atoms with Crippen LogP contribution in [0, 0.1) is 18.3 Å². The fourth-order valence-corrected chi connectivity index (χ4v) is 2.88. The molecule has 0 spiro atoms. The van der Waals surface area contributed by atoms with Crippen LogP contribution < -0.4 is 4.72 Å². The molecule has 0 radical (unpaired) electrons. The summed E-state index contributed by atoms with van der Waals surface area (Å²) in [4.78, 5) is 9.75. The molecule has 0 aliphatic carbocycles. The summed E-state index contributed by atoms with van der Waals surface area (Å²) in [5, 5.41) is 13.3. The lowest BCUT2D eigenvalue weighted by molar-refractivity contribution is 0.628. The number of aryl methyl sites for hydroxylation is 2. The predicted molar refractivity (Wildman–Crippen MR) is 99.2 cm³/mol. The van der Waals surface area contributed by atoms with E-state index in [9.17, 15) is 0 Å². The molecule has 0 bridgehead atoms. The van der Waals surface area contributed by atoms with Crippen LogP contribution in [0.5, 0.6) is 0 Å². The maximum absolute atomic E-state index is 8.66. The van der Waals surface area contributed by atoms with Crippen molar-refractivity contribution < 1.29 is 0 Å². The molecule has 2 heterocycles. The Bertz CT molecular complexity index is 900. The summed E-state index contributed by atoms with van der Waals surface area (Å²) < 4.78 is 4.82. The molecular formula is C17H15ClN6S. The minimum Gasteiger partial charge on any atom is -0.294 e. The molecule has 0 atom stereocenters. The van der Waals surface area contributed by atoms with Crippen molar-refractivity contribution in [1.82, 2.24) is 19.7 Å². The molecule has 3 aromatic rings. The largest absolute Gasteiger partial charge is 0.294 e. The second-order valence-corrected chi connectivity index (χ2v) is 6.59. The van der Waals surface area contributed by atoms with Crippen LogP contribution in [0.3, 0.4) is 0 Å². The smallest absolute Gasteiger partial charge is 0.233 e. The van der Waals surface area contributed by atoms with Gasteiger partial charge in [-0.25, -0.2) is 9.97 Å². The molecular weight excluding hydrogens is 356 g/mol. The van der Waals surface area contributed by atoms with Gasteiger partial charge in [0.15, 0.2) is 0 Å². The van der Waals surface area contributed by atoms with E-state index < -0.39 is 0 Å². The molecule has 25 heavy (non-hydrogen) atoms. The number of benzene rings is 1. The quantitative estimate of drug-likeness (QED) is 0.650. The van der Waals surface area contributed by atoms with Gasteiger partial charge in [0, 0.05) is 16.7 Å². The molecule has 126 valence electrons. The highest BCUT2D eigenvalue weighted by Gasteiger charge is 2.11. The van der Waals surface area contributed by atoms with Gasteiger partial charge in [-0.3, -0.25) is 9.40 Å². The van der Waals surface area contributed by atoms with Gasteiger partial charge in [0.25, 0.3) is 0 Å². The molecule has 0 unspecified atom stereocenters. The Balaban J connectivity index is 1.75. The number of anilines is 1. The van der Waals surface area contributed by atoms with E-state index in [1.807, 2.05) is 37.4 Å². The van der Waals surface area contributed by atoms with Crippen molar-refractivity contribution in [3.63, 3.8) is 0 Å². The molecule has 0 aliphatic rings. The van der Waals surface area contributed by atoms with Crippen LogP contribution in [-0.2, 0) is 6.54 Å². The number of nitriles is 1. The lowest BCUT2D eigenvalue weighted by Gasteiger charge is -2.06. The highest BCUT2D eigenvalue weighted by atomic mass is 35.5. The number of hydrogen-bond acceptors (Lipinski definition) is 6. The van der Waals surface area contributed by atoms with Gasteiger partial charge in [0.2, 0.25) is 5.95 Å². The lowest BCUT2D eigenvalue weighted by atomic mass is 10.2. The minimum atomic E-state index is 0.401. The van der Waals surface area contributed by atoms with E-state index in [-0.39, 0.29) is 0 Å². The highest BCUT2D eigenvalue weighted by Crippen LogP contribution is 2.27. The molecule has 2 aromatic heterocycles. The van der Waals surface area contributed by atoms with Crippen LogP contribution in [0.4, 0.5) is 5.95 Å². The first-order valence-electron chi connectivity index (χ1n) is 7.57. The topological polar surface area (TPSA) is 79.4 Å². The molecule has 0 fully saturated rings. The predicted octanol–water partition coefficient (Wildman–Crippen LogP) is 4.33. The third-order valence-corrected chi connectivity index (χ3v) is 4.45. The van der Waals surface area contributed by atoms with Gasteiger partial charge in [-0.05, 0) is 31.0 Å². The number of aromatic nitrogens is 4. The molecule has 1 N–H and O–H groups in total. The van der Waals surface area contributed by atoms with Crippen molar-refractivity contribution in [2.75, 3.05) is 4.72 Å². The average Bonchev–Trinajstić information content (AvgIpc) is 3.09. The molecule has 0 amide bonds. The maximum Gasteiger partial charge on any atom is 0.233 e. The van der Waals surface area contributed by atoms with E-state index in [1.54, 1.807) is 17.1 Å². The van der Waals surface area contributed by atoms with Gasteiger partial charge in [0.05, 0.1) is 42.1 Å². The van der Waals surface area contributed by atoms with E-state index >= 15 is 0 Å². The Kier molecular flexibility index (Phi) is 5.53. The van der Waals surface area contributed by atoms with E-state index in [2.05, 4.69) is 25.9 Å². The number of nitrogens with one attached hydrogen (secondary N) is 1. The zero-order valence-corrected chi connectivity index (χ0v) is 15.1. The Morgan fingerprint density at radius 1 is 1.28 bits per heavy atom. The maximum atomic E-state index is 8.66. The van der Waals surface area contributed by atoms with E-state index in [0.29, 0.717) is 29.6 Å². The normalized spacial score (nSPS) is 10.4. The molecule has 0 aliphatic heterocycles. The Morgan fingerprint density at radius 2 is 2.08 bits per heavy atom. The number of halogens is 1. The van der Waals surface area contributed by atoms with Crippen molar-refractivity contribution in [1.29, 1.82) is 5.26 Å². The van der Waals surface area contributed by atoms with Crippen LogP contribution >= 0.6 is 23.5 Å². The van der Waals surface area contributed by atoms with Crippen molar-refractivity contribution in [2.45, 2.75) is 24.8 Å². The Hall–Kier alpha value is -2.56. The van der Waals surface area contributed by atoms with E-state index in [4.69, 9.17) is 16.9 Å². The minimum absolute atomic E-state index is 0.401. The first kappa shape index (κ1) is 17.3. The van der Waals surface area contributed by atoms with Gasteiger partial charge in [-0.2, -0.15) is 10.4 Å². The zero-order valence-electron chi connectivity index (χ0n) is 13.5. The van der Waals surface area contributed by atoms with Crippen molar-refractivity contribution in [2.24, 2.45) is 0 Å². The summed E-state index contributed by atoms with van der Waals surface area (Å²) in [6.07, 6.45) is 5.47. The van der Waals surface area contributed by atoms with Crippen LogP contribution in [0.2, 0.25) is 5.02 Å². The van der Waals surface area contributed by atoms with Gasteiger partial charge >= 0.3 is 0 Å². The fourth-order valence-electron chi connectivity index (χ4n) is 2.10. The Morgan fingerprint density at radius 3 is 2.84 bits per heavy atom. The summed E-state index contributed by atoms with van der Waals surface area (Å²) in [5.41, 5.74) is 2.60. The Labute approximate surface area is 155 Å². The van der Waals surface area contributed by atoms with Crippen LogP contribution in [0.1, 0.15) is 12.0 Å². The summed E-state index contributed by atoms with van der Waals surface area (Å²) in [6.45, 7) is 2.58. The first-order chi connectivity index (χ1) is 12.2. The average molecular weight is 371 g/mol. The third-order valence-electron chi connectivity index (χ3n) is 3.38. The summed E-state index contributed by atoms with van der Waals surface area (Å²) in [5.74, 6) is 0.467. The lowest BCUT2D eigenvalue weighted by Crippen LogP contribution is -1.97. The summed E-state index contributed by atoms with van der Waals surface area (Å²) >= 11 is 7.66. The van der Waals surface area contributed by atoms with Crippen molar-refractivity contribution in [3.05, 3.63) is 53.4 Å². The van der Waals surface area contributed by atoms with Gasteiger partial charge in [-0.15, -0.1) is 0 Å². The second-order valence-electron chi connectivity index (χ2n) is 5.31. The van der Waals surface area contributed by atoms with E-state index in [1.165, 1.54) is 17.5 Å². The number of rotatable bonds is 6. The summed E-state index contributed by atoms with van der Waals surface area (Å²) in [7, 11) is 0. The van der Waals surface area contributed by atoms with Gasteiger partial charge in [0.1, 0.15) is 0 Å². The van der Waals surface area contributed by atoms with Crippen molar-refractivity contribution >= 4 is 29.5 Å². The highest BCUT2D eigenvalue weighted by molar-refractivity contribution is 8.00. The third kappa shape index (κ3) is 4.50. The zero-order chi connectivity index (χ0) is 17.6. The molecule has 8 heteroatoms. The van der Waals surface area contributed by atoms with Crippen LogP contribution in [0.15, 0.2) is 47.8 Å². The molecule has 0 saturated carbocycles. The fraction of sp³-hybridized carbons (Fsp3) is 0.176. The van der Waals surface area contributed by atoms with Crippen LogP contribution in [-0.4, -0.2) is 19.7 Å². The SMILES string of the molecule is Cc1ccc(SNc2ncc(Cl)c(-c3cnn(CCC#N)c3)n2)cc1. The van der Waals surface area contributed by atoms with Gasteiger partial charge < -0.3 is 0 Å². The molecule has 0 saturated heterocycles. The standard InChI is InChI=1S/C17H15ClN6S/c1-12-3-5-14(6-4-12)25-23-17-20-10-15(18)16(22-17)13-9-21-24(11-13)8-2-7-19/h3-6,9-11H,2,8H2,1H3,(H,20,22,23). The molecule has 1 aromatic carbocycles. The van der Waals surface area contributed by atoms with E-state index in [0.717, 1.165) is 10.5 Å². The number of nitrogens with zero attached hydrogens (tertiary/aromatic N) is 5. The van der Waals surface area contributed by atoms with Gasteiger partial charge in [-0.1, -0.05) is 29.3 Å². The van der Waals surface area contributed by atoms with Crippen molar-refractivity contribution in [3.8, 4) is 17.3 Å². The van der Waals surface area contributed by atoms with Crippen LogP contribution in [0.25, 0.3) is 11.3 Å². The first-order valence-corrected chi connectivity index (χ1v) is 8.77. The summed E-state index contributed by atoms with van der Waals surface area (Å²) in [6, 6.07) is 10.3. The number of hydrogen-bond donors (Lipinski definition) is 1.